The predicted molar refractivity (Wildman–Crippen MR) is 52.8 cm³/mol. The van der Waals surface area contributed by atoms with Gasteiger partial charge >= 0.3 is 0 Å². The van der Waals surface area contributed by atoms with Crippen molar-refractivity contribution >= 4 is 10.0 Å². The molecular weight excluding hydrogens is 218 g/mol. The van der Waals surface area contributed by atoms with Crippen LogP contribution in [0, 0.1) is 0 Å². The molecule has 1 aromatic rings. The van der Waals surface area contributed by atoms with Crippen LogP contribution in [0.3, 0.4) is 0 Å². The van der Waals surface area contributed by atoms with Crippen LogP contribution in [0.25, 0.3) is 0 Å². The number of hydrogen-bond acceptors (Lipinski definition) is 4. The summed E-state index contributed by atoms with van der Waals surface area (Å²) >= 11 is 0. The molecule has 0 radical (unpaired) electrons. The van der Waals surface area contributed by atoms with Gasteiger partial charge in [-0.05, 0) is 13.3 Å². The molecule has 0 spiro atoms. The average molecular weight is 231 g/mol. The normalized spacial score (nSPS) is 27.0. The van der Waals surface area contributed by atoms with E-state index in [2.05, 4.69) is 14.9 Å². The highest BCUT2D eigenvalue weighted by molar-refractivity contribution is 7.89. The van der Waals surface area contributed by atoms with E-state index in [4.69, 9.17) is 4.74 Å². The highest BCUT2D eigenvalue weighted by Gasteiger charge is 2.34. The van der Waals surface area contributed by atoms with Gasteiger partial charge in [0.15, 0.2) is 0 Å². The van der Waals surface area contributed by atoms with E-state index in [0.717, 1.165) is 0 Å². The third-order valence-electron chi connectivity index (χ3n) is 2.38. The molecule has 2 N–H and O–H groups in total. The first kappa shape index (κ1) is 10.6. The quantitative estimate of drug-likeness (QED) is 0.758. The van der Waals surface area contributed by atoms with Gasteiger partial charge in [-0.2, -0.15) is 5.10 Å². The molecule has 1 unspecified atom stereocenters. The van der Waals surface area contributed by atoms with E-state index < -0.39 is 15.6 Å². The first-order valence-corrected chi connectivity index (χ1v) is 6.11. The SMILES string of the molecule is CC1(NS(=O)(=O)c2cn[nH]c2)CCOC1. The molecule has 2 rings (SSSR count). The van der Waals surface area contributed by atoms with Crippen molar-refractivity contribution in [1.82, 2.24) is 14.9 Å². The maximum absolute atomic E-state index is 11.8. The lowest BCUT2D eigenvalue weighted by molar-refractivity contribution is 0.178. The Hall–Kier alpha value is -0.920. The van der Waals surface area contributed by atoms with Crippen LogP contribution in [0.5, 0.6) is 0 Å². The van der Waals surface area contributed by atoms with Crippen LogP contribution in [0.15, 0.2) is 17.3 Å². The highest BCUT2D eigenvalue weighted by Crippen LogP contribution is 2.20. The van der Waals surface area contributed by atoms with Gasteiger partial charge < -0.3 is 4.74 Å². The Morgan fingerprint density at radius 1 is 1.67 bits per heavy atom. The van der Waals surface area contributed by atoms with Gasteiger partial charge in [0.05, 0.1) is 18.3 Å². The van der Waals surface area contributed by atoms with Crippen molar-refractivity contribution in [1.29, 1.82) is 0 Å². The summed E-state index contributed by atoms with van der Waals surface area (Å²) in [5.41, 5.74) is -0.504. The van der Waals surface area contributed by atoms with E-state index in [1.807, 2.05) is 6.92 Å². The highest BCUT2D eigenvalue weighted by atomic mass is 32.2. The maximum Gasteiger partial charge on any atom is 0.244 e. The number of hydrogen-bond donors (Lipinski definition) is 2. The summed E-state index contributed by atoms with van der Waals surface area (Å²) in [5, 5.41) is 6.08. The van der Waals surface area contributed by atoms with Crippen LogP contribution in [0.2, 0.25) is 0 Å². The standard InChI is InChI=1S/C8H13N3O3S/c1-8(2-3-14-6-8)11-15(12,13)7-4-9-10-5-7/h4-5,11H,2-3,6H2,1H3,(H,9,10). The summed E-state index contributed by atoms with van der Waals surface area (Å²) in [6.45, 7) is 2.83. The molecule has 0 aromatic carbocycles. The molecule has 1 aliphatic rings. The molecule has 0 saturated carbocycles. The van der Waals surface area contributed by atoms with E-state index in [1.54, 1.807) is 0 Å². The van der Waals surface area contributed by atoms with Gasteiger partial charge in [0.2, 0.25) is 10.0 Å². The van der Waals surface area contributed by atoms with Crippen LogP contribution in [0.4, 0.5) is 0 Å². The van der Waals surface area contributed by atoms with Gasteiger partial charge in [0.25, 0.3) is 0 Å². The van der Waals surface area contributed by atoms with E-state index in [1.165, 1.54) is 12.4 Å². The van der Waals surface area contributed by atoms with Gasteiger partial charge in [-0.1, -0.05) is 0 Å². The Balaban J connectivity index is 2.18. The minimum absolute atomic E-state index is 0.149. The fraction of sp³-hybridized carbons (Fsp3) is 0.625. The smallest absolute Gasteiger partial charge is 0.244 e. The lowest BCUT2D eigenvalue weighted by Crippen LogP contribution is -2.46. The molecule has 84 valence electrons. The Labute approximate surface area is 88.1 Å². The molecule has 1 aromatic heterocycles. The summed E-state index contributed by atoms with van der Waals surface area (Å²) in [7, 11) is -3.48. The molecule has 0 amide bonds. The van der Waals surface area contributed by atoms with Crippen LogP contribution in [-0.2, 0) is 14.8 Å². The zero-order chi connectivity index (χ0) is 10.9. The summed E-state index contributed by atoms with van der Waals surface area (Å²) in [5.74, 6) is 0. The monoisotopic (exact) mass is 231 g/mol. The molecule has 1 saturated heterocycles. The zero-order valence-corrected chi connectivity index (χ0v) is 9.17. The summed E-state index contributed by atoms with van der Waals surface area (Å²) < 4.78 is 31.4. The topological polar surface area (TPSA) is 84.1 Å². The van der Waals surface area contributed by atoms with Crippen molar-refractivity contribution in [2.45, 2.75) is 23.8 Å². The van der Waals surface area contributed by atoms with Gasteiger partial charge in [0, 0.05) is 12.8 Å². The van der Waals surface area contributed by atoms with Gasteiger partial charge in [0.1, 0.15) is 4.90 Å². The fourth-order valence-corrected chi connectivity index (χ4v) is 2.84. The van der Waals surface area contributed by atoms with Crippen molar-refractivity contribution in [3.05, 3.63) is 12.4 Å². The number of aromatic nitrogens is 2. The molecule has 1 fully saturated rings. The van der Waals surface area contributed by atoms with Crippen molar-refractivity contribution in [3.63, 3.8) is 0 Å². The predicted octanol–water partition coefficient (Wildman–Crippen LogP) is -0.133. The van der Waals surface area contributed by atoms with Crippen LogP contribution in [0.1, 0.15) is 13.3 Å². The molecule has 1 atom stereocenters. The fourth-order valence-electron chi connectivity index (χ4n) is 1.52. The van der Waals surface area contributed by atoms with Gasteiger partial charge in [-0.25, -0.2) is 13.1 Å². The molecule has 15 heavy (non-hydrogen) atoms. The van der Waals surface area contributed by atoms with Crippen molar-refractivity contribution < 1.29 is 13.2 Å². The number of rotatable bonds is 3. The summed E-state index contributed by atoms with van der Waals surface area (Å²) in [4.78, 5) is 0.149. The number of sulfonamides is 1. The minimum Gasteiger partial charge on any atom is -0.379 e. The number of nitrogens with zero attached hydrogens (tertiary/aromatic N) is 1. The maximum atomic E-state index is 11.8. The van der Waals surface area contributed by atoms with E-state index in [-0.39, 0.29) is 4.90 Å². The Morgan fingerprint density at radius 3 is 3.00 bits per heavy atom. The van der Waals surface area contributed by atoms with Gasteiger partial charge in [-0.15, -0.1) is 0 Å². The minimum atomic E-state index is -3.48. The molecule has 0 bridgehead atoms. The van der Waals surface area contributed by atoms with E-state index in [0.29, 0.717) is 19.6 Å². The zero-order valence-electron chi connectivity index (χ0n) is 8.36. The Bertz CT molecular complexity index is 420. The first-order valence-electron chi connectivity index (χ1n) is 4.62. The van der Waals surface area contributed by atoms with Crippen molar-refractivity contribution in [2.75, 3.05) is 13.2 Å². The third-order valence-corrected chi connectivity index (χ3v) is 3.99. The number of nitrogens with one attached hydrogen (secondary N) is 2. The number of ether oxygens (including phenoxy) is 1. The molecule has 1 aliphatic heterocycles. The number of aromatic amines is 1. The van der Waals surface area contributed by atoms with Gasteiger partial charge in [-0.3, -0.25) is 5.10 Å². The van der Waals surface area contributed by atoms with E-state index in [9.17, 15) is 8.42 Å². The molecule has 6 nitrogen and oxygen atoms in total. The molecular formula is C8H13N3O3S. The summed E-state index contributed by atoms with van der Waals surface area (Å²) in [6.07, 6.45) is 3.31. The molecule has 2 heterocycles. The second-order valence-corrected chi connectivity index (χ2v) is 5.59. The largest absolute Gasteiger partial charge is 0.379 e. The lowest BCUT2D eigenvalue weighted by Gasteiger charge is -2.22. The molecule has 7 heteroatoms. The third kappa shape index (κ3) is 2.19. The van der Waals surface area contributed by atoms with Crippen LogP contribution >= 0.6 is 0 Å². The Kier molecular flexibility index (Phi) is 2.53. The van der Waals surface area contributed by atoms with Crippen molar-refractivity contribution in [3.8, 4) is 0 Å². The molecule has 0 aliphatic carbocycles. The van der Waals surface area contributed by atoms with E-state index >= 15 is 0 Å². The summed E-state index contributed by atoms with van der Waals surface area (Å²) in [6, 6.07) is 0. The lowest BCUT2D eigenvalue weighted by atomic mass is 10.0. The van der Waals surface area contributed by atoms with Crippen LogP contribution in [-0.4, -0.2) is 37.4 Å². The van der Waals surface area contributed by atoms with Crippen LogP contribution < -0.4 is 4.72 Å². The average Bonchev–Trinajstić information content (AvgIpc) is 2.73. The second-order valence-electron chi connectivity index (χ2n) is 3.90. The second kappa shape index (κ2) is 3.58. The first-order chi connectivity index (χ1) is 7.02. The van der Waals surface area contributed by atoms with Crippen molar-refractivity contribution in [2.24, 2.45) is 0 Å². The number of H-pyrrole nitrogens is 1. The Morgan fingerprint density at radius 2 is 2.47 bits per heavy atom.